The molecule has 1 amide bonds. The SMILES string of the molecule is COc1cccc(/C=C2/C(=O)N(c3cccc(C(=O)O)c3)N=C2C)c1. The van der Waals surface area contributed by atoms with Crippen molar-refractivity contribution in [3.05, 3.63) is 65.2 Å². The van der Waals surface area contributed by atoms with Gasteiger partial charge in [0.15, 0.2) is 0 Å². The summed E-state index contributed by atoms with van der Waals surface area (Å²) in [4.78, 5) is 23.8. The number of nitrogens with zero attached hydrogens (tertiary/aromatic N) is 2. The van der Waals surface area contributed by atoms with Gasteiger partial charge in [-0.25, -0.2) is 4.79 Å². The van der Waals surface area contributed by atoms with Gasteiger partial charge in [-0.3, -0.25) is 4.79 Å². The van der Waals surface area contributed by atoms with Gasteiger partial charge in [0.2, 0.25) is 0 Å². The first-order valence-corrected chi connectivity index (χ1v) is 7.59. The molecule has 0 fully saturated rings. The highest BCUT2D eigenvalue weighted by Crippen LogP contribution is 2.26. The topological polar surface area (TPSA) is 79.2 Å². The van der Waals surface area contributed by atoms with Gasteiger partial charge in [-0.05, 0) is 48.9 Å². The first-order valence-electron chi connectivity index (χ1n) is 7.59. The summed E-state index contributed by atoms with van der Waals surface area (Å²) < 4.78 is 5.19. The van der Waals surface area contributed by atoms with E-state index < -0.39 is 5.97 Å². The zero-order chi connectivity index (χ0) is 18.0. The Kier molecular flexibility index (Phi) is 4.35. The summed E-state index contributed by atoms with van der Waals surface area (Å²) in [5.74, 6) is -0.662. The maximum absolute atomic E-state index is 12.7. The van der Waals surface area contributed by atoms with Crippen molar-refractivity contribution < 1.29 is 19.4 Å². The minimum atomic E-state index is -1.05. The number of hydrazone groups is 1. The fraction of sp³-hybridized carbons (Fsp3) is 0.105. The molecular weight excluding hydrogens is 320 g/mol. The molecule has 6 nitrogen and oxygen atoms in total. The third kappa shape index (κ3) is 3.28. The van der Waals surface area contributed by atoms with Crippen LogP contribution in [0.5, 0.6) is 5.75 Å². The molecule has 1 heterocycles. The first-order chi connectivity index (χ1) is 12.0. The van der Waals surface area contributed by atoms with Crippen LogP contribution in [0.2, 0.25) is 0 Å². The molecule has 25 heavy (non-hydrogen) atoms. The lowest BCUT2D eigenvalue weighted by molar-refractivity contribution is -0.114. The number of carboxylic acids is 1. The Morgan fingerprint density at radius 3 is 2.68 bits per heavy atom. The van der Waals surface area contributed by atoms with E-state index in [2.05, 4.69) is 5.10 Å². The highest BCUT2D eigenvalue weighted by atomic mass is 16.5. The highest BCUT2D eigenvalue weighted by Gasteiger charge is 2.29. The van der Waals surface area contributed by atoms with E-state index in [0.717, 1.165) is 5.56 Å². The quantitative estimate of drug-likeness (QED) is 0.870. The van der Waals surface area contributed by atoms with E-state index in [1.807, 2.05) is 24.3 Å². The number of aromatic carboxylic acids is 1. The predicted octanol–water partition coefficient (Wildman–Crippen LogP) is 3.20. The van der Waals surface area contributed by atoms with Crippen molar-refractivity contribution in [1.82, 2.24) is 0 Å². The monoisotopic (exact) mass is 336 g/mol. The molecule has 2 aromatic carbocycles. The van der Waals surface area contributed by atoms with E-state index in [4.69, 9.17) is 9.84 Å². The summed E-state index contributed by atoms with van der Waals surface area (Å²) in [5, 5.41) is 14.6. The minimum absolute atomic E-state index is 0.100. The fourth-order valence-corrected chi connectivity index (χ4v) is 2.53. The van der Waals surface area contributed by atoms with Crippen LogP contribution in [0.3, 0.4) is 0 Å². The van der Waals surface area contributed by atoms with Crippen molar-refractivity contribution in [2.45, 2.75) is 6.92 Å². The summed E-state index contributed by atoms with van der Waals surface area (Å²) in [6, 6.07) is 13.5. The number of carboxylic acid groups (broad SMARTS) is 1. The molecule has 0 radical (unpaired) electrons. The van der Waals surface area contributed by atoms with Crippen molar-refractivity contribution >= 4 is 29.4 Å². The fourth-order valence-electron chi connectivity index (χ4n) is 2.53. The molecule has 0 bridgehead atoms. The Bertz CT molecular complexity index is 915. The molecule has 1 aliphatic heterocycles. The van der Waals surface area contributed by atoms with Crippen LogP contribution in [-0.2, 0) is 4.79 Å². The normalized spacial score (nSPS) is 15.4. The van der Waals surface area contributed by atoms with E-state index in [-0.39, 0.29) is 11.5 Å². The van der Waals surface area contributed by atoms with Gasteiger partial charge in [0, 0.05) is 0 Å². The largest absolute Gasteiger partial charge is 0.497 e. The summed E-state index contributed by atoms with van der Waals surface area (Å²) in [6.07, 6.45) is 1.74. The first kappa shape index (κ1) is 16.4. The molecule has 1 aliphatic rings. The van der Waals surface area contributed by atoms with Crippen molar-refractivity contribution in [2.24, 2.45) is 5.10 Å². The van der Waals surface area contributed by atoms with Crippen molar-refractivity contribution in [1.29, 1.82) is 0 Å². The number of carbonyl (C=O) groups excluding carboxylic acids is 1. The lowest BCUT2D eigenvalue weighted by Gasteiger charge is -2.12. The van der Waals surface area contributed by atoms with Crippen LogP contribution in [0.25, 0.3) is 6.08 Å². The van der Waals surface area contributed by atoms with Gasteiger partial charge in [-0.2, -0.15) is 10.1 Å². The molecule has 0 saturated carbocycles. The number of ether oxygens (including phenoxy) is 1. The molecular formula is C19H16N2O4. The van der Waals surface area contributed by atoms with E-state index >= 15 is 0 Å². The Morgan fingerprint density at radius 2 is 1.96 bits per heavy atom. The maximum atomic E-state index is 12.7. The smallest absolute Gasteiger partial charge is 0.335 e. The average Bonchev–Trinajstić information content (AvgIpc) is 2.90. The second-order valence-electron chi connectivity index (χ2n) is 5.49. The van der Waals surface area contributed by atoms with Gasteiger partial charge in [-0.1, -0.05) is 18.2 Å². The average molecular weight is 336 g/mol. The second kappa shape index (κ2) is 6.60. The highest BCUT2D eigenvalue weighted by molar-refractivity contribution is 6.32. The summed E-state index contributed by atoms with van der Waals surface area (Å²) in [6.45, 7) is 1.74. The number of rotatable bonds is 4. The third-order valence-corrected chi connectivity index (χ3v) is 3.81. The van der Waals surface area contributed by atoms with E-state index in [1.54, 1.807) is 32.2 Å². The van der Waals surface area contributed by atoms with E-state index in [1.165, 1.54) is 17.1 Å². The van der Waals surface area contributed by atoms with Crippen molar-refractivity contribution in [3.63, 3.8) is 0 Å². The van der Waals surface area contributed by atoms with Crippen LogP contribution in [-0.4, -0.2) is 29.8 Å². The zero-order valence-corrected chi connectivity index (χ0v) is 13.8. The van der Waals surface area contributed by atoms with Gasteiger partial charge in [-0.15, -0.1) is 0 Å². The Labute approximate surface area is 144 Å². The molecule has 6 heteroatoms. The standard InChI is InChI=1S/C19H16N2O4/c1-12-17(10-13-5-3-8-16(9-13)25-2)18(22)21(20-12)15-7-4-6-14(11-15)19(23)24/h3-11H,1-2H3,(H,23,24)/b17-10+. The number of hydrogen-bond acceptors (Lipinski definition) is 4. The Balaban J connectivity index is 1.95. The van der Waals surface area contributed by atoms with Gasteiger partial charge in [0.1, 0.15) is 5.75 Å². The number of carbonyl (C=O) groups is 2. The van der Waals surface area contributed by atoms with Crippen LogP contribution in [0.4, 0.5) is 5.69 Å². The Morgan fingerprint density at radius 1 is 1.20 bits per heavy atom. The van der Waals surface area contributed by atoms with Gasteiger partial charge in [0.25, 0.3) is 5.91 Å². The minimum Gasteiger partial charge on any atom is -0.497 e. The van der Waals surface area contributed by atoms with Crippen LogP contribution >= 0.6 is 0 Å². The number of methoxy groups -OCH3 is 1. The predicted molar refractivity (Wildman–Crippen MR) is 95.0 cm³/mol. The van der Waals surface area contributed by atoms with Crippen molar-refractivity contribution in [3.8, 4) is 5.75 Å². The van der Waals surface area contributed by atoms with Crippen LogP contribution in [0.15, 0.2) is 59.2 Å². The lowest BCUT2D eigenvalue weighted by atomic mass is 10.1. The van der Waals surface area contributed by atoms with E-state index in [0.29, 0.717) is 22.7 Å². The van der Waals surface area contributed by atoms with Gasteiger partial charge < -0.3 is 9.84 Å². The molecule has 0 aliphatic carbocycles. The summed E-state index contributed by atoms with van der Waals surface area (Å²) in [5.41, 5.74) is 2.35. The molecule has 0 unspecified atom stereocenters. The van der Waals surface area contributed by atoms with Gasteiger partial charge in [0.05, 0.1) is 29.6 Å². The van der Waals surface area contributed by atoms with Crippen LogP contribution in [0.1, 0.15) is 22.8 Å². The summed E-state index contributed by atoms with van der Waals surface area (Å²) >= 11 is 0. The number of anilines is 1. The Hall–Kier alpha value is -3.41. The molecule has 3 rings (SSSR count). The maximum Gasteiger partial charge on any atom is 0.335 e. The third-order valence-electron chi connectivity index (χ3n) is 3.81. The number of amides is 1. The molecule has 2 aromatic rings. The number of benzene rings is 2. The molecule has 0 aromatic heterocycles. The molecule has 126 valence electrons. The molecule has 0 saturated heterocycles. The van der Waals surface area contributed by atoms with Crippen LogP contribution < -0.4 is 9.75 Å². The number of hydrogen-bond donors (Lipinski definition) is 1. The summed E-state index contributed by atoms with van der Waals surface area (Å²) in [7, 11) is 1.58. The molecule has 0 spiro atoms. The second-order valence-corrected chi connectivity index (χ2v) is 5.49. The zero-order valence-electron chi connectivity index (χ0n) is 13.8. The lowest BCUT2D eigenvalue weighted by Crippen LogP contribution is -2.21. The molecule has 1 N–H and O–H groups in total. The molecule has 0 atom stereocenters. The van der Waals surface area contributed by atoms with E-state index in [9.17, 15) is 9.59 Å². The van der Waals surface area contributed by atoms with Crippen LogP contribution in [0, 0.1) is 0 Å². The van der Waals surface area contributed by atoms with Crippen molar-refractivity contribution in [2.75, 3.05) is 12.1 Å². The van der Waals surface area contributed by atoms with Gasteiger partial charge >= 0.3 is 5.97 Å².